The van der Waals surface area contributed by atoms with Gasteiger partial charge in [0, 0.05) is 28.5 Å². The molecule has 0 radical (unpaired) electrons. The van der Waals surface area contributed by atoms with E-state index in [0.29, 0.717) is 0 Å². The Morgan fingerprint density at radius 2 is 1.67 bits per heavy atom. The highest BCUT2D eigenvalue weighted by Crippen LogP contribution is 2.25. The van der Waals surface area contributed by atoms with E-state index in [2.05, 4.69) is 0 Å². The maximum Gasteiger partial charge on any atom is 0.243 e. The number of hydrogen-bond acceptors (Lipinski definition) is 2. The Labute approximate surface area is 123 Å². The largest absolute Gasteiger partial charge is 0.243 e. The number of sulfonamides is 1. The van der Waals surface area contributed by atoms with Crippen molar-refractivity contribution in [1.82, 2.24) is 4.31 Å². The van der Waals surface area contributed by atoms with Crippen molar-refractivity contribution in [3.8, 4) is 0 Å². The van der Waals surface area contributed by atoms with Crippen LogP contribution in [-0.2, 0) is 10.0 Å². The number of rotatable bonds is 5. The lowest BCUT2D eigenvalue weighted by molar-refractivity contribution is 0.370. The molecule has 0 aliphatic rings. The molecule has 0 amide bonds. The molecule has 102 valence electrons. The molecule has 1 rings (SSSR count). The summed E-state index contributed by atoms with van der Waals surface area (Å²) in [5, 5.41) is 0.575. The lowest BCUT2D eigenvalue weighted by Crippen LogP contribution is -2.38. The van der Waals surface area contributed by atoms with E-state index in [1.54, 1.807) is 13.8 Å². The zero-order valence-electron chi connectivity index (χ0n) is 10.0. The number of benzene rings is 1. The number of hydrogen-bond donors (Lipinski definition) is 0. The first-order chi connectivity index (χ1) is 8.28. The van der Waals surface area contributed by atoms with Crippen LogP contribution >= 0.6 is 34.8 Å². The normalized spacial score (nSPS) is 12.4. The molecule has 0 N–H and O–H groups in total. The van der Waals surface area contributed by atoms with Crippen LogP contribution in [-0.4, -0.2) is 31.2 Å². The number of nitrogens with zero attached hydrogens (tertiary/aromatic N) is 1. The molecule has 18 heavy (non-hydrogen) atoms. The molecule has 1 aromatic rings. The maximum atomic E-state index is 12.4. The second kappa shape index (κ2) is 6.44. The van der Waals surface area contributed by atoms with Crippen LogP contribution in [0.5, 0.6) is 0 Å². The van der Waals surface area contributed by atoms with Gasteiger partial charge in [-0.3, -0.25) is 0 Å². The van der Waals surface area contributed by atoms with Crippen molar-refractivity contribution in [3.05, 3.63) is 28.2 Å². The van der Waals surface area contributed by atoms with Gasteiger partial charge >= 0.3 is 0 Å². The van der Waals surface area contributed by atoms with E-state index in [1.807, 2.05) is 0 Å². The molecule has 1 aromatic carbocycles. The molecule has 0 aliphatic carbocycles. The second-order valence-corrected chi connectivity index (χ2v) is 7.15. The Morgan fingerprint density at radius 1 is 1.17 bits per heavy atom. The van der Waals surface area contributed by atoms with E-state index in [0.717, 1.165) is 0 Å². The molecular weight excluding hydrogens is 317 g/mol. The number of halogens is 3. The minimum Gasteiger partial charge on any atom is -0.207 e. The Morgan fingerprint density at radius 3 is 2.06 bits per heavy atom. The summed E-state index contributed by atoms with van der Waals surface area (Å²) in [7, 11) is -3.63. The van der Waals surface area contributed by atoms with Crippen LogP contribution in [0.1, 0.15) is 13.8 Å². The Balaban J connectivity index is 3.26. The van der Waals surface area contributed by atoms with Crippen LogP contribution in [0.3, 0.4) is 0 Å². The third-order valence-electron chi connectivity index (χ3n) is 2.32. The summed E-state index contributed by atoms with van der Waals surface area (Å²) in [6.07, 6.45) is 0. The monoisotopic (exact) mass is 329 g/mol. The van der Waals surface area contributed by atoms with Crippen LogP contribution in [0.4, 0.5) is 0 Å². The van der Waals surface area contributed by atoms with Gasteiger partial charge in [0.25, 0.3) is 0 Å². The van der Waals surface area contributed by atoms with Crippen LogP contribution in [0.15, 0.2) is 23.1 Å². The summed E-state index contributed by atoms with van der Waals surface area (Å²) in [6.45, 7) is 3.82. The van der Waals surface area contributed by atoms with Gasteiger partial charge in [0.15, 0.2) is 0 Å². The Kier molecular flexibility index (Phi) is 5.74. The fourth-order valence-corrected chi connectivity index (χ4v) is 4.20. The van der Waals surface area contributed by atoms with Gasteiger partial charge in [-0.15, -0.1) is 11.6 Å². The molecule has 0 unspecified atom stereocenters. The lowest BCUT2D eigenvalue weighted by atomic mass is 10.4. The van der Waals surface area contributed by atoms with Gasteiger partial charge in [-0.25, -0.2) is 8.42 Å². The molecule has 7 heteroatoms. The Bertz CT molecular complexity index is 497. The first-order valence-electron chi connectivity index (χ1n) is 5.33. The summed E-state index contributed by atoms with van der Waals surface area (Å²) >= 11 is 17.3. The Hall–Kier alpha value is -0.000000000000000111. The van der Waals surface area contributed by atoms with Crippen LogP contribution in [0.25, 0.3) is 0 Å². The summed E-state index contributed by atoms with van der Waals surface area (Å²) in [5.74, 6) is 0.228. The highest BCUT2D eigenvalue weighted by Gasteiger charge is 2.26. The van der Waals surface area contributed by atoms with Crippen LogP contribution in [0, 0.1) is 0 Å². The van der Waals surface area contributed by atoms with E-state index in [9.17, 15) is 8.42 Å². The van der Waals surface area contributed by atoms with Crippen LogP contribution < -0.4 is 0 Å². The van der Waals surface area contributed by atoms with Crippen molar-refractivity contribution < 1.29 is 8.42 Å². The van der Waals surface area contributed by atoms with Crippen molar-refractivity contribution in [2.75, 3.05) is 12.4 Å². The lowest BCUT2D eigenvalue weighted by Gasteiger charge is -2.25. The van der Waals surface area contributed by atoms with Crippen LogP contribution in [0.2, 0.25) is 10.0 Å². The van der Waals surface area contributed by atoms with Gasteiger partial charge < -0.3 is 0 Å². The van der Waals surface area contributed by atoms with Crippen molar-refractivity contribution in [2.45, 2.75) is 24.8 Å². The van der Waals surface area contributed by atoms with Gasteiger partial charge in [0.05, 0.1) is 4.90 Å². The van der Waals surface area contributed by atoms with E-state index in [-0.39, 0.29) is 33.4 Å². The van der Waals surface area contributed by atoms with E-state index in [1.165, 1.54) is 22.5 Å². The van der Waals surface area contributed by atoms with E-state index in [4.69, 9.17) is 34.8 Å². The standard InChI is InChI=1S/C11H14Cl3NO2S/c1-8(2)15(4-3-12)18(16,17)11-6-9(13)5-10(14)7-11/h5-8H,3-4H2,1-2H3. The van der Waals surface area contributed by atoms with E-state index < -0.39 is 10.0 Å². The predicted octanol–water partition coefficient (Wildman–Crippen LogP) is 3.63. The molecule has 0 bridgehead atoms. The molecule has 0 spiro atoms. The molecule has 0 fully saturated rings. The minimum absolute atomic E-state index is 0.0822. The van der Waals surface area contributed by atoms with E-state index >= 15 is 0 Å². The average Bonchev–Trinajstić information content (AvgIpc) is 2.23. The summed E-state index contributed by atoms with van der Waals surface area (Å²) in [6, 6.07) is 4.06. The molecule has 0 heterocycles. The molecule has 0 saturated heterocycles. The SMILES string of the molecule is CC(C)N(CCCl)S(=O)(=O)c1cc(Cl)cc(Cl)c1. The quantitative estimate of drug-likeness (QED) is 0.773. The molecule has 0 aromatic heterocycles. The van der Waals surface area contributed by atoms with Gasteiger partial charge in [0.2, 0.25) is 10.0 Å². The highest BCUT2D eigenvalue weighted by molar-refractivity contribution is 7.89. The minimum atomic E-state index is -3.63. The molecule has 0 atom stereocenters. The summed E-state index contributed by atoms with van der Waals surface area (Å²) < 4.78 is 26.2. The molecular formula is C11H14Cl3NO2S. The maximum absolute atomic E-state index is 12.4. The third-order valence-corrected chi connectivity index (χ3v) is 4.98. The average molecular weight is 331 g/mol. The van der Waals surface area contributed by atoms with Crippen molar-refractivity contribution >= 4 is 44.8 Å². The molecule has 3 nitrogen and oxygen atoms in total. The first-order valence-corrected chi connectivity index (χ1v) is 8.06. The fourth-order valence-electron chi connectivity index (χ4n) is 1.55. The third kappa shape index (κ3) is 3.75. The van der Waals surface area contributed by atoms with Gasteiger partial charge in [-0.1, -0.05) is 23.2 Å². The highest BCUT2D eigenvalue weighted by atomic mass is 35.5. The molecule has 0 aliphatic heterocycles. The summed E-state index contributed by atoms with van der Waals surface area (Å²) in [4.78, 5) is 0.0822. The van der Waals surface area contributed by atoms with Gasteiger partial charge in [0.1, 0.15) is 0 Å². The van der Waals surface area contributed by atoms with Crippen molar-refractivity contribution in [3.63, 3.8) is 0 Å². The van der Waals surface area contributed by atoms with Gasteiger partial charge in [-0.2, -0.15) is 4.31 Å². The fraction of sp³-hybridized carbons (Fsp3) is 0.455. The zero-order valence-corrected chi connectivity index (χ0v) is 13.1. The van der Waals surface area contributed by atoms with Crippen molar-refractivity contribution in [1.29, 1.82) is 0 Å². The molecule has 0 saturated carbocycles. The predicted molar refractivity (Wildman–Crippen MR) is 76.2 cm³/mol. The smallest absolute Gasteiger partial charge is 0.207 e. The topological polar surface area (TPSA) is 37.4 Å². The second-order valence-electron chi connectivity index (χ2n) is 4.00. The van der Waals surface area contributed by atoms with Gasteiger partial charge in [-0.05, 0) is 32.0 Å². The number of alkyl halides is 1. The first kappa shape index (κ1) is 16.1. The summed E-state index contributed by atoms with van der Waals surface area (Å²) in [5.41, 5.74) is 0. The van der Waals surface area contributed by atoms with Crippen molar-refractivity contribution in [2.24, 2.45) is 0 Å². The zero-order chi connectivity index (χ0) is 13.9.